The number of benzene rings is 2. The van der Waals surface area contributed by atoms with Gasteiger partial charge < -0.3 is 9.84 Å². The van der Waals surface area contributed by atoms with E-state index in [4.69, 9.17) is 4.74 Å². The summed E-state index contributed by atoms with van der Waals surface area (Å²) in [7, 11) is 0. The van der Waals surface area contributed by atoms with Gasteiger partial charge in [0.1, 0.15) is 0 Å². The topological polar surface area (TPSA) is 29.5 Å². The molecule has 0 radical (unpaired) electrons. The molecular formula is C17H18O2. The van der Waals surface area contributed by atoms with Crippen molar-refractivity contribution in [1.82, 2.24) is 0 Å². The summed E-state index contributed by atoms with van der Waals surface area (Å²) in [4.78, 5) is 0. The fourth-order valence-electron chi connectivity index (χ4n) is 1.76. The molecule has 0 bridgehead atoms. The summed E-state index contributed by atoms with van der Waals surface area (Å²) in [6.07, 6.45) is 3.03. The summed E-state index contributed by atoms with van der Waals surface area (Å²) >= 11 is 0. The number of aliphatic hydroxyl groups is 1. The highest BCUT2D eigenvalue weighted by Crippen LogP contribution is 2.12. The number of hydrogen-bond donors (Lipinski definition) is 1. The van der Waals surface area contributed by atoms with Crippen LogP contribution in [0.25, 0.3) is 0 Å². The maximum atomic E-state index is 9.89. The Balaban J connectivity index is 1.72. The molecule has 0 fully saturated rings. The zero-order valence-electron chi connectivity index (χ0n) is 10.8. The Bertz CT molecular complexity index is 491. The molecule has 0 aliphatic carbocycles. The summed E-state index contributed by atoms with van der Waals surface area (Å²) < 4.78 is 5.51. The van der Waals surface area contributed by atoms with Crippen molar-refractivity contribution >= 4 is 0 Å². The van der Waals surface area contributed by atoms with Crippen molar-refractivity contribution in [2.24, 2.45) is 0 Å². The lowest BCUT2D eigenvalue weighted by Crippen LogP contribution is -1.95. The third kappa shape index (κ3) is 4.70. The lowest BCUT2D eigenvalue weighted by atomic mass is 10.1. The number of aliphatic hydroxyl groups excluding tert-OH is 1. The maximum Gasteiger partial charge on any atom is 0.0972 e. The van der Waals surface area contributed by atoms with Crippen molar-refractivity contribution in [2.45, 2.75) is 12.7 Å². The molecule has 0 amide bonds. The SMILES string of the molecule is OC(/C=C/COCc1ccccc1)c1ccccc1. The average molecular weight is 254 g/mol. The van der Waals surface area contributed by atoms with E-state index in [-0.39, 0.29) is 0 Å². The summed E-state index contributed by atoms with van der Waals surface area (Å²) in [5.74, 6) is 0. The first-order valence-electron chi connectivity index (χ1n) is 6.37. The Morgan fingerprint density at radius 2 is 1.58 bits per heavy atom. The molecule has 1 atom stereocenters. The van der Waals surface area contributed by atoms with Crippen LogP contribution in [0.1, 0.15) is 17.2 Å². The van der Waals surface area contributed by atoms with Gasteiger partial charge in [0.2, 0.25) is 0 Å². The molecule has 2 aromatic rings. The minimum atomic E-state index is -0.568. The van der Waals surface area contributed by atoms with Crippen LogP contribution in [0.5, 0.6) is 0 Å². The van der Waals surface area contributed by atoms with Crippen LogP contribution in [0.2, 0.25) is 0 Å². The molecule has 2 rings (SSSR count). The molecule has 0 spiro atoms. The quantitative estimate of drug-likeness (QED) is 0.631. The summed E-state index contributed by atoms with van der Waals surface area (Å²) in [5, 5.41) is 9.89. The molecule has 0 aliphatic rings. The van der Waals surface area contributed by atoms with Gasteiger partial charge in [-0.15, -0.1) is 0 Å². The fourth-order valence-corrected chi connectivity index (χ4v) is 1.76. The second kappa shape index (κ2) is 7.52. The van der Waals surface area contributed by atoms with Crippen molar-refractivity contribution in [3.05, 3.63) is 83.9 Å². The maximum absolute atomic E-state index is 9.89. The molecule has 2 aromatic carbocycles. The Morgan fingerprint density at radius 1 is 0.947 bits per heavy atom. The van der Waals surface area contributed by atoms with E-state index in [9.17, 15) is 5.11 Å². The van der Waals surface area contributed by atoms with Gasteiger partial charge in [0.25, 0.3) is 0 Å². The summed E-state index contributed by atoms with van der Waals surface area (Å²) in [6, 6.07) is 19.6. The van der Waals surface area contributed by atoms with E-state index in [1.54, 1.807) is 6.08 Å². The Morgan fingerprint density at radius 3 is 2.26 bits per heavy atom. The van der Waals surface area contributed by atoms with Crippen LogP contribution in [-0.4, -0.2) is 11.7 Å². The first-order chi connectivity index (χ1) is 9.36. The van der Waals surface area contributed by atoms with Crippen LogP contribution in [0.15, 0.2) is 72.8 Å². The molecule has 0 saturated heterocycles. The average Bonchev–Trinajstić information content (AvgIpc) is 2.49. The molecule has 19 heavy (non-hydrogen) atoms. The predicted molar refractivity (Wildman–Crippen MR) is 76.6 cm³/mol. The largest absolute Gasteiger partial charge is 0.384 e. The number of ether oxygens (including phenoxy) is 1. The van der Waals surface area contributed by atoms with E-state index < -0.39 is 6.10 Å². The Labute approximate surface area is 114 Å². The highest BCUT2D eigenvalue weighted by Gasteiger charge is 2.00. The molecule has 1 unspecified atom stereocenters. The van der Waals surface area contributed by atoms with Gasteiger partial charge in [-0.2, -0.15) is 0 Å². The van der Waals surface area contributed by atoms with E-state index in [1.165, 1.54) is 0 Å². The number of hydrogen-bond acceptors (Lipinski definition) is 2. The zero-order valence-corrected chi connectivity index (χ0v) is 10.8. The molecule has 1 N–H and O–H groups in total. The molecular weight excluding hydrogens is 236 g/mol. The van der Waals surface area contributed by atoms with Gasteiger partial charge in [0, 0.05) is 0 Å². The van der Waals surface area contributed by atoms with E-state index >= 15 is 0 Å². The lowest BCUT2D eigenvalue weighted by Gasteiger charge is -2.05. The van der Waals surface area contributed by atoms with Gasteiger partial charge in [-0.05, 0) is 11.1 Å². The van der Waals surface area contributed by atoms with Gasteiger partial charge >= 0.3 is 0 Å². The van der Waals surface area contributed by atoms with Crippen LogP contribution in [0.4, 0.5) is 0 Å². The highest BCUT2D eigenvalue weighted by atomic mass is 16.5. The van der Waals surface area contributed by atoms with Crippen LogP contribution in [0.3, 0.4) is 0 Å². The van der Waals surface area contributed by atoms with E-state index in [0.29, 0.717) is 13.2 Å². The summed E-state index contributed by atoms with van der Waals surface area (Å²) in [6.45, 7) is 1.09. The Hall–Kier alpha value is -1.90. The van der Waals surface area contributed by atoms with Crippen LogP contribution >= 0.6 is 0 Å². The van der Waals surface area contributed by atoms with Crippen molar-refractivity contribution in [1.29, 1.82) is 0 Å². The first-order valence-corrected chi connectivity index (χ1v) is 6.37. The molecule has 98 valence electrons. The number of rotatable bonds is 6. The molecule has 0 aromatic heterocycles. The van der Waals surface area contributed by atoms with E-state index in [0.717, 1.165) is 11.1 Å². The van der Waals surface area contributed by atoms with Crippen LogP contribution in [-0.2, 0) is 11.3 Å². The standard InChI is InChI=1S/C17H18O2/c18-17(16-10-5-2-6-11-16)12-7-13-19-14-15-8-3-1-4-9-15/h1-12,17-18H,13-14H2/b12-7+. The van der Waals surface area contributed by atoms with Gasteiger partial charge in [0.05, 0.1) is 19.3 Å². The van der Waals surface area contributed by atoms with Gasteiger partial charge in [0.15, 0.2) is 0 Å². The van der Waals surface area contributed by atoms with Crippen molar-refractivity contribution in [3.8, 4) is 0 Å². The normalized spacial score (nSPS) is 12.7. The third-order valence-electron chi connectivity index (χ3n) is 2.79. The molecule has 0 saturated carbocycles. The van der Waals surface area contributed by atoms with Gasteiger partial charge in [-0.3, -0.25) is 0 Å². The second-order valence-corrected chi connectivity index (χ2v) is 4.28. The van der Waals surface area contributed by atoms with Gasteiger partial charge in [-0.1, -0.05) is 72.8 Å². The van der Waals surface area contributed by atoms with Crippen molar-refractivity contribution in [2.75, 3.05) is 6.61 Å². The van der Waals surface area contributed by atoms with Crippen molar-refractivity contribution < 1.29 is 9.84 Å². The van der Waals surface area contributed by atoms with E-state index in [1.807, 2.05) is 66.7 Å². The predicted octanol–water partition coefficient (Wildman–Crippen LogP) is 3.49. The highest BCUT2D eigenvalue weighted by molar-refractivity contribution is 5.20. The smallest absolute Gasteiger partial charge is 0.0972 e. The van der Waals surface area contributed by atoms with Crippen molar-refractivity contribution in [3.63, 3.8) is 0 Å². The molecule has 2 heteroatoms. The third-order valence-corrected chi connectivity index (χ3v) is 2.79. The molecule has 0 aliphatic heterocycles. The molecule has 0 heterocycles. The first kappa shape index (κ1) is 13.5. The van der Waals surface area contributed by atoms with E-state index in [2.05, 4.69) is 0 Å². The summed E-state index contributed by atoms with van der Waals surface area (Å²) in [5.41, 5.74) is 2.04. The molecule has 2 nitrogen and oxygen atoms in total. The lowest BCUT2D eigenvalue weighted by molar-refractivity contribution is 0.147. The second-order valence-electron chi connectivity index (χ2n) is 4.28. The van der Waals surface area contributed by atoms with Gasteiger partial charge in [-0.25, -0.2) is 0 Å². The minimum absolute atomic E-state index is 0.499. The van der Waals surface area contributed by atoms with Crippen LogP contribution in [0, 0.1) is 0 Å². The fraction of sp³-hybridized carbons (Fsp3) is 0.176. The Kier molecular flexibility index (Phi) is 5.35. The minimum Gasteiger partial charge on any atom is -0.384 e. The zero-order chi connectivity index (χ0) is 13.3. The van der Waals surface area contributed by atoms with Crippen LogP contribution < -0.4 is 0 Å². The monoisotopic (exact) mass is 254 g/mol.